The summed E-state index contributed by atoms with van der Waals surface area (Å²) in [5, 5.41) is 23.4. The Hall–Kier alpha value is -3.93. The zero-order chi connectivity index (χ0) is 28.2. The first-order chi connectivity index (χ1) is 18.2. The number of halogens is 1. The molecule has 0 saturated heterocycles. The predicted molar refractivity (Wildman–Crippen MR) is 134 cm³/mol. The maximum atomic E-state index is 14.4. The molecule has 208 valence electrons. The highest BCUT2D eigenvalue weighted by molar-refractivity contribution is 5.93. The Kier molecular flexibility index (Phi) is 11.7. The molecule has 5 N–H and O–H groups in total. The molecule has 1 heterocycles. The van der Waals surface area contributed by atoms with Gasteiger partial charge in [-0.2, -0.15) is 0 Å². The van der Waals surface area contributed by atoms with Crippen LogP contribution in [0.5, 0.6) is 5.75 Å². The van der Waals surface area contributed by atoms with Crippen molar-refractivity contribution in [3.05, 3.63) is 41.4 Å². The molecular formula is C26H34FN3O8. The van der Waals surface area contributed by atoms with Crippen molar-refractivity contribution in [3.8, 4) is 17.1 Å². The average Bonchev–Trinajstić information content (AvgIpc) is 3.39. The maximum Gasteiger partial charge on any atom is 0.338 e. The molecule has 0 unspecified atom stereocenters. The van der Waals surface area contributed by atoms with E-state index in [1.807, 2.05) is 6.92 Å². The van der Waals surface area contributed by atoms with Crippen molar-refractivity contribution in [2.45, 2.75) is 52.9 Å². The largest absolute Gasteiger partial charge is 0.491 e. The molecular weight excluding hydrogens is 501 g/mol. The molecule has 0 aliphatic carbocycles. The number of furan rings is 1. The Balaban J connectivity index is 2.09. The number of unbranched alkanes of at least 4 members (excludes halogenated alkanes) is 2. The number of benzene rings is 1. The third kappa shape index (κ3) is 7.78. The summed E-state index contributed by atoms with van der Waals surface area (Å²) in [5.41, 5.74) is 1.20. The van der Waals surface area contributed by atoms with Crippen molar-refractivity contribution in [2.75, 3.05) is 13.3 Å². The van der Waals surface area contributed by atoms with Crippen LogP contribution < -0.4 is 20.9 Å². The highest BCUT2D eigenvalue weighted by atomic mass is 19.1. The number of hydrogen-bond acceptors (Lipinski definition) is 7. The van der Waals surface area contributed by atoms with E-state index in [-0.39, 0.29) is 36.1 Å². The summed E-state index contributed by atoms with van der Waals surface area (Å²) in [6, 6.07) is 5.12. The third-order valence-electron chi connectivity index (χ3n) is 6.02. The fourth-order valence-corrected chi connectivity index (χ4v) is 4.07. The molecule has 38 heavy (non-hydrogen) atoms. The van der Waals surface area contributed by atoms with E-state index in [1.165, 1.54) is 18.2 Å². The quantitative estimate of drug-likeness (QED) is 0.0995. The molecule has 0 bridgehead atoms. The van der Waals surface area contributed by atoms with Crippen molar-refractivity contribution >= 4 is 23.7 Å². The molecule has 2 atom stereocenters. The maximum absolute atomic E-state index is 14.4. The molecule has 0 aliphatic heterocycles. The first-order valence-corrected chi connectivity index (χ1v) is 12.5. The van der Waals surface area contributed by atoms with Gasteiger partial charge in [0.1, 0.15) is 5.76 Å². The summed E-state index contributed by atoms with van der Waals surface area (Å²) in [5.74, 6) is -5.94. The SMILES string of the molecule is CCCCC[C@@H](C(=O)NCNC(=O)c1ccc(-c2cc(OCC)c(F)c(C(=O)O)c2)o1)[C@@H](CC)C(=O)NO. The van der Waals surface area contributed by atoms with Crippen molar-refractivity contribution < 1.29 is 43.0 Å². The van der Waals surface area contributed by atoms with Crippen molar-refractivity contribution in [1.82, 2.24) is 16.1 Å². The van der Waals surface area contributed by atoms with Crippen LogP contribution in [-0.4, -0.2) is 47.3 Å². The van der Waals surface area contributed by atoms with Gasteiger partial charge in [0.2, 0.25) is 11.8 Å². The molecule has 0 fully saturated rings. The lowest BCUT2D eigenvalue weighted by molar-refractivity contribution is -0.140. The lowest BCUT2D eigenvalue weighted by atomic mass is 9.84. The second kappa shape index (κ2) is 14.7. The number of carboxylic acids is 1. The smallest absolute Gasteiger partial charge is 0.338 e. The number of carboxylic acid groups (broad SMARTS) is 1. The molecule has 1 aromatic heterocycles. The Bertz CT molecular complexity index is 1130. The van der Waals surface area contributed by atoms with Gasteiger partial charge in [0, 0.05) is 11.5 Å². The van der Waals surface area contributed by atoms with Crippen LogP contribution in [0.25, 0.3) is 11.3 Å². The third-order valence-corrected chi connectivity index (χ3v) is 6.02. The number of aromatic carboxylic acids is 1. The van der Waals surface area contributed by atoms with Gasteiger partial charge in [0.05, 0.1) is 24.8 Å². The zero-order valence-corrected chi connectivity index (χ0v) is 21.6. The highest BCUT2D eigenvalue weighted by Crippen LogP contribution is 2.31. The van der Waals surface area contributed by atoms with Gasteiger partial charge in [0.25, 0.3) is 5.91 Å². The molecule has 0 saturated carbocycles. The second-order valence-electron chi connectivity index (χ2n) is 8.55. The lowest BCUT2D eigenvalue weighted by Crippen LogP contribution is -2.44. The Labute approximate surface area is 219 Å². The predicted octanol–water partition coefficient (Wildman–Crippen LogP) is 3.71. The van der Waals surface area contributed by atoms with Gasteiger partial charge >= 0.3 is 5.97 Å². The monoisotopic (exact) mass is 535 g/mol. The summed E-state index contributed by atoms with van der Waals surface area (Å²) < 4.78 is 25.1. The van der Waals surface area contributed by atoms with E-state index in [0.29, 0.717) is 12.8 Å². The van der Waals surface area contributed by atoms with Crippen LogP contribution in [0.3, 0.4) is 0 Å². The summed E-state index contributed by atoms with van der Waals surface area (Å²) in [6.45, 7) is 5.25. The minimum Gasteiger partial charge on any atom is -0.491 e. The fraction of sp³-hybridized carbons (Fsp3) is 0.462. The van der Waals surface area contributed by atoms with E-state index in [1.54, 1.807) is 19.3 Å². The second-order valence-corrected chi connectivity index (χ2v) is 8.55. The van der Waals surface area contributed by atoms with Gasteiger partial charge in [-0.25, -0.2) is 14.7 Å². The minimum atomic E-state index is -1.49. The van der Waals surface area contributed by atoms with Gasteiger partial charge in [-0.3, -0.25) is 19.6 Å². The topological polar surface area (TPSA) is 167 Å². The first-order valence-electron chi connectivity index (χ1n) is 12.5. The van der Waals surface area contributed by atoms with E-state index < -0.39 is 46.9 Å². The number of ether oxygens (including phenoxy) is 1. The molecule has 0 spiro atoms. The number of nitrogens with one attached hydrogen (secondary N) is 3. The number of rotatable bonds is 15. The fourth-order valence-electron chi connectivity index (χ4n) is 4.07. The number of amides is 3. The van der Waals surface area contributed by atoms with Crippen LogP contribution in [0.4, 0.5) is 4.39 Å². The van der Waals surface area contributed by atoms with Crippen molar-refractivity contribution in [1.29, 1.82) is 0 Å². The van der Waals surface area contributed by atoms with Crippen LogP contribution in [0.1, 0.15) is 73.8 Å². The van der Waals surface area contributed by atoms with Crippen molar-refractivity contribution in [3.63, 3.8) is 0 Å². The summed E-state index contributed by atoms with van der Waals surface area (Å²) >= 11 is 0. The van der Waals surface area contributed by atoms with E-state index >= 15 is 0 Å². The van der Waals surface area contributed by atoms with E-state index in [2.05, 4.69) is 10.6 Å². The molecule has 3 amide bonds. The molecule has 12 heteroatoms. The van der Waals surface area contributed by atoms with Crippen LogP contribution in [0, 0.1) is 17.7 Å². The van der Waals surface area contributed by atoms with Crippen LogP contribution in [0.15, 0.2) is 28.7 Å². The van der Waals surface area contributed by atoms with Crippen LogP contribution >= 0.6 is 0 Å². The molecule has 0 radical (unpaired) electrons. The molecule has 2 aromatic rings. The standard InChI is InChI=1S/C26H34FN3O8/c1-4-7-8-9-17(16(5-2)24(32)30-36)23(31)28-14-29-25(33)20-11-10-19(38-20)15-12-18(26(34)35)22(27)21(13-15)37-6-3/h10-13,16-17,36H,4-9,14H2,1-3H3,(H,28,31)(H,29,33)(H,30,32)(H,34,35)/t16-,17-/m1/s1. The Morgan fingerprint density at radius 1 is 1.03 bits per heavy atom. The van der Waals surface area contributed by atoms with Gasteiger partial charge in [-0.15, -0.1) is 0 Å². The summed E-state index contributed by atoms with van der Waals surface area (Å²) in [7, 11) is 0. The molecule has 11 nitrogen and oxygen atoms in total. The van der Waals surface area contributed by atoms with Gasteiger partial charge in [0.15, 0.2) is 17.3 Å². The van der Waals surface area contributed by atoms with Gasteiger partial charge in [-0.05, 0) is 44.0 Å². The average molecular weight is 536 g/mol. The summed E-state index contributed by atoms with van der Waals surface area (Å²) in [6.07, 6.45) is 3.33. The molecule has 1 aromatic carbocycles. The Morgan fingerprint density at radius 3 is 2.37 bits per heavy atom. The normalized spacial score (nSPS) is 12.3. The minimum absolute atomic E-state index is 0.111. The van der Waals surface area contributed by atoms with E-state index in [9.17, 15) is 28.7 Å². The van der Waals surface area contributed by atoms with Gasteiger partial charge < -0.3 is 24.9 Å². The van der Waals surface area contributed by atoms with Crippen LogP contribution in [-0.2, 0) is 9.59 Å². The Morgan fingerprint density at radius 2 is 1.76 bits per heavy atom. The zero-order valence-electron chi connectivity index (χ0n) is 21.6. The van der Waals surface area contributed by atoms with Gasteiger partial charge in [-0.1, -0.05) is 33.1 Å². The highest BCUT2D eigenvalue weighted by Gasteiger charge is 2.32. The van der Waals surface area contributed by atoms with Crippen LogP contribution in [0.2, 0.25) is 0 Å². The van der Waals surface area contributed by atoms with Crippen molar-refractivity contribution in [2.24, 2.45) is 11.8 Å². The van der Waals surface area contributed by atoms with E-state index in [0.717, 1.165) is 25.3 Å². The number of hydroxylamine groups is 1. The number of hydrogen-bond donors (Lipinski definition) is 5. The van der Waals surface area contributed by atoms with E-state index in [4.69, 9.17) is 14.4 Å². The molecule has 2 rings (SSSR count). The lowest BCUT2D eigenvalue weighted by Gasteiger charge is -2.24. The summed E-state index contributed by atoms with van der Waals surface area (Å²) in [4.78, 5) is 48.9. The molecule has 0 aliphatic rings. The number of carbonyl (C=O) groups excluding carboxylic acids is 3. The first kappa shape index (κ1) is 30.3. The number of carbonyl (C=O) groups is 4.